The van der Waals surface area contributed by atoms with E-state index < -0.39 is 0 Å². The first-order valence-electron chi connectivity index (χ1n) is 10.3. The fraction of sp³-hybridized carbons (Fsp3) is 0.304. The van der Waals surface area contributed by atoms with Crippen molar-refractivity contribution in [2.45, 2.75) is 46.2 Å². The summed E-state index contributed by atoms with van der Waals surface area (Å²) in [6.07, 6.45) is 3.39. The second-order valence-electron chi connectivity index (χ2n) is 8.12. The Morgan fingerprint density at radius 2 is 1.84 bits per heavy atom. The molecule has 0 unspecified atom stereocenters. The van der Waals surface area contributed by atoms with Crippen LogP contribution in [0.2, 0.25) is 5.02 Å². The van der Waals surface area contributed by atoms with Gasteiger partial charge in [0.05, 0.1) is 29.9 Å². The van der Waals surface area contributed by atoms with Gasteiger partial charge in [0.15, 0.2) is 5.65 Å². The molecule has 0 aliphatic carbocycles. The van der Waals surface area contributed by atoms with Crippen molar-refractivity contribution in [2.75, 3.05) is 5.32 Å². The van der Waals surface area contributed by atoms with E-state index in [1.165, 1.54) is 0 Å². The van der Waals surface area contributed by atoms with Gasteiger partial charge in [-0.15, -0.1) is 0 Å². The van der Waals surface area contributed by atoms with Gasteiger partial charge in [0.25, 0.3) is 5.91 Å². The number of carbonyl (C=O) groups is 1. The lowest BCUT2D eigenvalue weighted by molar-refractivity contribution is 0.102. The van der Waals surface area contributed by atoms with Crippen molar-refractivity contribution in [1.29, 1.82) is 0 Å². The van der Waals surface area contributed by atoms with Crippen LogP contribution in [0.25, 0.3) is 11.0 Å². The molecule has 31 heavy (non-hydrogen) atoms. The standard InChI is InChI=1S/C23H25ClN6O/c1-14(2)20-11-18(19-12-26-30(15(3)4)22(19)27-20)23(31)28-21-9-10-25-29(21)13-16-5-7-17(24)8-6-16/h5-12,14-15H,13H2,1-4H3,(H,28,31). The summed E-state index contributed by atoms with van der Waals surface area (Å²) in [7, 11) is 0. The number of pyridine rings is 1. The molecular formula is C23H25ClN6O. The number of nitrogens with zero attached hydrogens (tertiary/aromatic N) is 5. The number of halogens is 1. The molecule has 0 radical (unpaired) electrons. The second-order valence-corrected chi connectivity index (χ2v) is 8.56. The molecule has 1 aromatic carbocycles. The fourth-order valence-corrected chi connectivity index (χ4v) is 3.54. The van der Waals surface area contributed by atoms with Crippen molar-refractivity contribution < 1.29 is 4.79 Å². The summed E-state index contributed by atoms with van der Waals surface area (Å²) in [6, 6.07) is 11.3. The smallest absolute Gasteiger partial charge is 0.257 e. The highest BCUT2D eigenvalue weighted by atomic mass is 35.5. The summed E-state index contributed by atoms with van der Waals surface area (Å²) in [4.78, 5) is 18.1. The highest BCUT2D eigenvalue weighted by molar-refractivity contribution is 6.30. The van der Waals surface area contributed by atoms with Gasteiger partial charge in [-0.2, -0.15) is 10.2 Å². The Bertz CT molecular complexity index is 1220. The first-order valence-corrected chi connectivity index (χ1v) is 10.7. The van der Waals surface area contributed by atoms with Crippen LogP contribution in [-0.2, 0) is 6.54 Å². The number of hydrogen-bond acceptors (Lipinski definition) is 4. The second kappa shape index (κ2) is 8.51. The third-order valence-electron chi connectivity index (χ3n) is 5.12. The SMILES string of the molecule is CC(C)c1cc(C(=O)Nc2ccnn2Cc2ccc(Cl)cc2)c2cnn(C(C)C)c2n1. The Morgan fingerprint density at radius 3 is 2.52 bits per heavy atom. The molecule has 7 nitrogen and oxygen atoms in total. The summed E-state index contributed by atoms with van der Waals surface area (Å²) in [5.41, 5.74) is 3.17. The maximum Gasteiger partial charge on any atom is 0.257 e. The highest BCUT2D eigenvalue weighted by Crippen LogP contribution is 2.25. The van der Waals surface area contributed by atoms with Crippen molar-refractivity contribution in [3.8, 4) is 0 Å². The molecule has 0 saturated heterocycles. The molecule has 0 bridgehead atoms. The zero-order chi connectivity index (χ0) is 22.1. The van der Waals surface area contributed by atoms with Crippen LogP contribution in [0.3, 0.4) is 0 Å². The first kappa shape index (κ1) is 21.1. The molecule has 0 fully saturated rings. The summed E-state index contributed by atoms with van der Waals surface area (Å²) in [5.74, 6) is 0.588. The molecule has 1 amide bonds. The van der Waals surface area contributed by atoms with Crippen LogP contribution in [0.1, 0.15) is 61.3 Å². The maximum atomic E-state index is 13.3. The molecule has 4 rings (SSSR count). The molecule has 0 aliphatic rings. The molecule has 0 aliphatic heterocycles. The van der Waals surface area contributed by atoms with Gasteiger partial charge in [-0.05, 0) is 43.5 Å². The predicted octanol–water partition coefficient (Wildman–Crippen LogP) is 5.29. The van der Waals surface area contributed by atoms with Crippen molar-refractivity contribution in [2.24, 2.45) is 0 Å². The number of benzene rings is 1. The molecule has 0 saturated carbocycles. The molecule has 3 aromatic heterocycles. The number of rotatable bonds is 6. The number of carbonyl (C=O) groups excluding carboxylic acids is 1. The van der Waals surface area contributed by atoms with E-state index in [-0.39, 0.29) is 17.9 Å². The van der Waals surface area contributed by atoms with Crippen molar-refractivity contribution in [3.63, 3.8) is 0 Å². The van der Waals surface area contributed by atoms with Gasteiger partial charge in [0.2, 0.25) is 0 Å². The van der Waals surface area contributed by atoms with E-state index in [4.69, 9.17) is 16.6 Å². The van der Waals surface area contributed by atoms with Gasteiger partial charge in [0, 0.05) is 22.8 Å². The zero-order valence-corrected chi connectivity index (χ0v) is 18.8. The summed E-state index contributed by atoms with van der Waals surface area (Å²) in [5, 5.41) is 13.2. The fourth-order valence-electron chi connectivity index (χ4n) is 3.41. The molecule has 160 valence electrons. The summed E-state index contributed by atoms with van der Waals surface area (Å²) in [6.45, 7) is 8.74. The van der Waals surface area contributed by atoms with Crippen LogP contribution in [0, 0.1) is 0 Å². The van der Waals surface area contributed by atoms with E-state index in [1.807, 2.05) is 48.9 Å². The van der Waals surface area contributed by atoms with Gasteiger partial charge in [-0.3, -0.25) is 4.79 Å². The molecule has 4 aromatic rings. The largest absolute Gasteiger partial charge is 0.307 e. The molecule has 8 heteroatoms. The van der Waals surface area contributed by atoms with Crippen molar-refractivity contribution >= 4 is 34.4 Å². The van der Waals surface area contributed by atoms with Gasteiger partial charge in [-0.25, -0.2) is 14.3 Å². The minimum absolute atomic E-state index is 0.143. The minimum Gasteiger partial charge on any atom is -0.307 e. The van der Waals surface area contributed by atoms with Crippen molar-refractivity contribution in [1.82, 2.24) is 24.5 Å². The number of aromatic nitrogens is 5. The third kappa shape index (κ3) is 4.32. The van der Waals surface area contributed by atoms with E-state index in [2.05, 4.69) is 29.4 Å². The normalized spacial score (nSPS) is 11.6. The van der Waals surface area contributed by atoms with Gasteiger partial charge in [-0.1, -0.05) is 37.6 Å². The maximum absolute atomic E-state index is 13.3. The molecule has 3 heterocycles. The summed E-state index contributed by atoms with van der Waals surface area (Å²) < 4.78 is 3.60. The molecule has 0 atom stereocenters. The lowest BCUT2D eigenvalue weighted by Crippen LogP contribution is -2.17. The van der Waals surface area contributed by atoms with E-state index >= 15 is 0 Å². The summed E-state index contributed by atoms with van der Waals surface area (Å²) >= 11 is 5.97. The van der Waals surface area contributed by atoms with E-state index in [0.717, 1.165) is 22.3 Å². The number of amides is 1. The van der Waals surface area contributed by atoms with Crippen LogP contribution < -0.4 is 5.32 Å². The predicted molar refractivity (Wildman–Crippen MR) is 123 cm³/mol. The van der Waals surface area contributed by atoms with E-state index in [0.29, 0.717) is 22.9 Å². The minimum atomic E-state index is -0.213. The molecular weight excluding hydrogens is 412 g/mol. The van der Waals surface area contributed by atoms with Gasteiger partial charge >= 0.3 is 0 Å². The quantitative estimate of drug-likeness (QED) is 0.445. The lowest BCUT2D eigenvalue weighted by atomic mass is 10.0. The topological polar surface area (TPSA) is 77.6 Å². The van der Waals surface area contributed by atoms with Crippen LogP contribution in [-0.4, -0.2) is 30.5 Å². The highest BCUT2D eigenvalue weighted by Gasteiger charge is 2.20. The number of fused-ring (bicyclic) bond motifs is 1. The number of anilines is 1. The first-order chi connectivity index (χ1) is 14.8. The van der Waals surface area contributed by atoms with E-state index in [9.17, 15) is 4.79 Å². The Labute approximate surface area is 186 Å². The van der Waals surface area contributed by atoms with Crippen molar-refractivity contribution in [3.05, 3.63) is 70.6 Å². The Balaban J connectivity index is 1.67. The Morgan fingerprint density at radius 1 is 1.10 bits per heavy atom. The van der Waals surface area contributed by atoms with Crippen LogP contribution in [0.15, 0.2) is 48.8 Å². The van der Waals surface area contributed by atoms with Gasteiger partial charge in [0.1, 0.15) is 5.82 Å². The Kier molecular flexibility index (Phi) is 5.78. The number of nitrogens with one attached hydrogen (secondary N) is 1. The Hall–Kier alpha value is -3.19. The van der Waals surface area contributed by atoms with Gasteiger partial charge < -0.3 is 5.32 Å². The average molecular weight is 437 g/mol. The average Bonchev–Trinajstić information content (AvgIpc) is 3.35. The molecule has 1 N–H and O–H groups in total. The van der Waals surface area contributed by atoms with Crippen LogP contribution in [0.5, 0.6) is 0 Å². The monoisotopic (exact) mass is 436 g/mol. The lowest BCUT2D eigenvalue weighted by Gasteiger charge is -2.13. The van der Waals surface area contributed by atoms with Crippen LogP contribution >= 0.6 is 11.6 Å². The number of hydrogen-bond donors (Lipinski definition) is 1. The molecule has 0 spiro atoms. The zero-order valence-electron chi connectivity index (χ0n) is 18.0. The third-order valence-corrected chi connectivity index (χ3v) is 5.37. The van der Waals surface area contributed by atoms with E-state index in [1.54, 1.807) is 23.1 Å². The van der Waals surface area contributed by atoms with Crippen LogP contribution in [0.4, 0.5) is 5.82 Å².